The molecule has 2 saturated heterocycles. The number of likely N-dealkylation sites (tertiary alicyclic amines) is 1. The Morgan fingerprint density at radius 3 is 2.15 bits per heavy atom. The normalized spacial score (nSPS) is 17.6. The summed E-state index contributed by atoms with van der Waals surface area (Å²) in [6, 6.07) is 4.25. The number of carbonyl (C=O) groups excluding carboxylic acids is 2. The number of ether oxygens (including phenoxy) is 1. The van der Waals surface area contributed by atoms with Gasteiger partial charge in [-0.3, -0.25) is 14.9 Å². The highest BCUT2D eigenvalue weighted by molar-refractivity contribution is 5.95. The van der Waals surface area contributed by atoms with Crippen molar-refractivity contribution in [3.63, 3.8) is 0 Å². The van der Waals surface area contributed by atoms with Crippen LogP contribution in [0.15, 0.2) is 18.2 Å². The maximum atomic E-state index is 12.7. The molecule has 0 aromatic heterocycles. The van der Waals surface area contributed by atoms with Gasteiger partial charge in [0.25, 0.3) is 5.91 Å². The van der Waals surface area contributed by atoms with Gasteiger partial charge in [-0.2, -0.15) is 0 Å². The molecule has 0 N–H and O–H groups in total. The van der Waals surface area contributed by atoms with E-state index in [2.05, 4.69) is 0 Å². The fourth-order valence-corrected chi connectivity index (χ4v) is 3.53. The number of piperazine rings is 1. The molecule has 9 nitrogen and oxygen atoms in total. The van der Waals surface area contributed by atoms with Crippen LogP contribution in [0.4, 0.5) is 10.5 Å². The predicted octanol–water partition coefficient (Wildman–Crippen LogP) is 1.97. The minimum atomic E-state index is -0.565. The SMILES string of the molecule is COc1ccc(C(=O)N2CCN(C(=O)N3CCCCC3)CC2)cc1[N+](=O)[O-]. The highest BCUT2D eigenvalue weighted by Crippen LogP contribution is 2.28. The first-order valence-electron chi connectivity index (χ1n) is 9.17. The van der Waals surface area contributed by atoms with E-state index < -0.39 is 4.92 Å². The molecule has 0 saturated carbocycles. The number of benzene rings is 1. The lowest BCUT2D eigenvalue weighted by Gasteiger charge is -2.38. The minimum Gasteiger partial charge on any atom is -0.490 e. The third kappa shape index (κ3) is 4.12. The number of carbonyl (C=O) groups is 2. The zero-order chi connectivity index (χ0) is 19.4. The van der Waals surface area contributed by atoms with E-state index in [4.69, 9.17) is 4.74 Å². The summed E-state index contributed by atoms with van der Waals surface area (Å²) in [5.41, 5.74) is 0.0144. The number of hydrogen-bond donors (Lipinski definition) is 0. The van der Waals surface area contributed by atoms with Crippen LogP contribution in [0.5, 0.6) is 5.75 Å². The van der Waals surface area contributed by atoms with E-state index in [1.165, 1.54) is 31.7 Å². The second-order valence-corrected chi connectivity index (χ2v) is 6.75. The number of nitro benzene ring substituents is 1. The largest absolute Gasteiger partial charge is 0.490 e. The van der Waals surface area contributed by atoms with Gasteiger partial charge in [0.2, 0.25) is 0 Å². The summed E-state index contributed by atoms with van der Waals surface area (Å²) < 4.78 is 4.97. The molecule has 2 heterocycles. The maximum absolute atomic E-state index is 12.7. The van der Waals surface area contributed by atoms with Crippen molar-refractivity contribution in [1.29, 1.82) is 0 Å². The Kier molecular flexibility index (Phi) is 5.78. The molecule has 3 rings (SSSR count). The van der Waals surface area contributed by atoms with Crippen molar-refractivity contribution < 1.29 is 19.2 Å². The predicted molar refractivity (Wildman–Crippen MR) is 97.9 cm³/mol. The van der Waals surface area contributed by atoms with Gasteiger partial charge in [0.05, 0.1) is 12.0 Å². The molecule has 0 spiro atoms. The van der Waals surface area contributed by atoms with Gasteiger partial charge < -0.3 is 19.4 Å². The molecule has 1 aromatic rings. The van der Waals surface area contributed by atoms with Crippen molar-refractivity contribution >= 4 is 17.6 Å². The zero-order valence-corrected chi connectivity index (χ0v) is 15.4. The molecule has 2 aliphatic rings. The molecule has 0 radical (unpaired) electrons. The molecule has 3 amide bonds. The molecule has 2 aliphatic heterocycles. The van der Waals surface area contributed by atoms with Crippen LogP contribution in [-0.2, 0) is 0 Å². The summed E-state index contributed by atoms with van der Waals surface area (Å²) in [6.45, 7) is 3.37. The van der Waals surface area contributed by atoms with Crippen LogP contribution in [-0.4, -0.2) is 77.9 Å². The van der Waals surface area contributed by atoms with Crippen LogP contribution in [0.3, 0.4) is 0 Å². The Labute approximate surface area is 157 Å². The number of hydrogen-bond acceptors (Lipinski definition) is 5. The third-order valence-electron chi connectivity index (χ3n) is 5.09. The van der Waals surface area contributed by atoms with Crippen LogP contribution < -0.4 is 4.74 Å². The monoisotopic (exact) mass is 376 g/mol. The first-order valence-corrected chi connectivity index (χ1v) is 9.17. The summed E-state index contributed by atoms with van der Waals surface area (Å²) in [5, 5.41) is 11.2. The summed E-state index contributed by atoms with van der Waals surface area (Å²) >= 11 is 0. The van der Waals surface area contributed by atoms with Crippen LogP contribution in [0.2, 0.25) is 0 Å². The lowest BCUT2D eigenvalue weighted by Crippen LogP contribution is -2.54. The van der Waals surface area contributed by atoms with Crippen LogP contribution in [0.1, 0.15) is 29.6 Å². The van der Waals surface area contributed by atoms with Crippen molar-refractivity contribution in [3.8, 4) is 5.75 Å². The van der Waals surface area contributed by atoms with Crippen LogP contribution in [0.25, 0.3) is 0 Å². The minimum absolute atomic E-state index is 0.0434. The number of rotatable bonds is 3. The standard InChI is InChI=1S/C18H24N4O5/c1-27-16-6-5-14(13-15(16)22(25)26)17(23)19-9-11-21(12-10-19)18(24)20-7-3-2-4-8-20/h5-6,13H,2-4,7-12H2,1H3. The first kappa shape index (κ1) is 18.9. The Morgan fingerprint density at radius 1 is 0.963 bits per heavy atom. The van der Waals surface area contributed by atoms with E-state index >= 15 is 0 Å². The lowest BCUT2D eigenvalue weighted by atomic mass is 10.1. The topological polar surface area (TPSA) is 96.2 Å². The van der Waals surface area contributed by atoms with E-state index in [1.54, 1.807) is 9.80 Å². The summed E-state index contributed by atoms with van der Waals surface area (Å²) in [6.07, 6.45) is 3.25. The fourth-order valence-electron chi connectivity index (χ4n) is 3.53. The molecule has 0 aliphatic carbocycles. The van der Waals surface area contributed by atoms with E-state index in [-0.39, 0.29) is 28.9 Å². The van der Waals surface area contributed by atoms with Crippen LogP contribution in [0, 0.1) is 10.1 Å². The quantitative estimate of drug-likeness (QED) is 0.593. The average Bonchev–Trinajstić information content (AvgIpc) is 2.73. The molecule has 2 fully saturated rings. The molecule has 0 unspecified atom stereocenters. The Balaban J connectivity index is 1.62. The second kappa shape index (κ2) is 8.24. The van der Waals surface area contributed by atoms with Gasteiger partial charge in [-0.25, -0.2) is 4.79 Å². The van der Waals surface area contributed by atoms with Crippen molar-refractivity contribution in [3.05, 3.63) is 33.9 Å². The van der Waals surface area contributed by atoms with Gasteiger partial charge in [0.15, 0.2) is 5.75 Å². The number of urea groups is 1. The van der Waals surface area contributed by atoms with Gasteiger partial charge in [0, 0.05) is 50.9 Å². The summed E-state index contributed by atoms with van der Waals surface area (Å²) in [4.78, 5) is 41.1. The molecule has 1 aromatic carbocycles. The van der Waals surface area contributed by atoms with E-state index in [9.17, 15) is 19.7 Å². The molecule has 9 heteroatoms. The lowest BCUT2D eigenvalue weighted by molar-refractivity contribution is -0.385. The van der Waals surface area contributed by atoms with Gasteiger partial charge in [-0.15, -0.1) is 0 Å². The number of methoxy groups -OCH3 is 1. The average molecular weight is 376 g/mol. The van der Waals surface area contributed by atoms with Crippen molar-refractivity contribution in [1.82, 2.24) is 14.7 Å². The van der Waals surface area contributed by atoms with Crippen molar-refractivity contribution in [2.75, 3.05) is 46.4 Å². The van der Waals surface area contributed by atoms with Gasteiger partial charge in [0.1, 0.15) is 0 Å². The van der Waals surface area contributed by atoms with Crippen LogP contribution >= 0.6 is 0 Å². The highest BCUT2D eigenvalue weighted by atomic mass is 16.6. The Morgan fingerprint density at radius 2 is 1.56 bits per heavy atom. The third-order valence-corrected chi connectivity index (χ3v) is 5.09. The second-order valence-electron chi connectivity index (χ2n) is 6.75. The molecule has 27 heavy (non-hydrogen) atoms. The molecule has 0 bridgehead atoms. The van der Waals surface area contributed by atoms with E-state index in [0.717, 1.165) is 25.9 Å². The smallest absolute Gasteiger partial charge is 0.320 e. The van der Waals surface area contributed by atoms with Gasteiger partial charge in [-0.1, -0.05) is 0 Å². The molecule has 146 valence electrons. The summed E-state index contributed by atoms with van der Waals surface area (Å²) in [7, 11) is 1.35. The summed E-state index contributed by atoms with van der Waals surface area (Å²) in [5.74, 6) is -0.153. The number of nitro groups is 1. The Bertz CT molecular complexity index is 724. The number of amides is 3. The first-order chi connectivity index (χ1) is 13.0. The van der Waals surface area contributed by atoms with E-state index in [1.807, 2.05) is 4.90 Å². The zero-order valence-electron chi connectivity index (χ0n) is 15.4. The number of piperidine rings is 1. The van der Waals surface area contributed by atoms with Crippen molar-refractivity contribution in [2.24, 2.45) is 0 Å². The fraction of sp³-hybridized carbons (Fsp3) is 0.556. The van der Waals surface area contributed by atoms with E-state index in [0.29, 0.717) is 26.2 Å². The molecule has 0 atom stereocenters. The number of nitrogens with zero attached hydrogens (tertiary/aromatic N) is 4. The Hall–Kier alpha value is -2.84. The highest BCUT2D eigenvalue weighted by Gasteiger charge is 2.29. The molecular weight excluding hydrogens is 352 g/mol. The molecular formula is C18H24N4O5. The van der Waals surface area contributed by atoms with Crippen molar-refractivity contribution in [2.45, 2.75) is 19.3 Å². The van der Waals surface area contributed by atoms with Gasteiger partial charge in [-0.05, 0) is 31.4 Å². The van der Waals surface area contributed by atoms with Gasteiger partial charge >= 0.3 is 11.7 Å². The maximum Gasteiger partial charge on any atom is 0.320 e.